The predicted octanol–water partition coefficient (Wildman–Crippen LogP) is 2.61. The van der Waals surface area contributed by atoms with Gasteiger partial charge in [-0.25, -0.2) is 8.42 Å². The zero-order chi connectivity index (χ0) is 12.8. The topological polar surface area (TPSA) is 50.3 Å². The molecule has 0 spiro atoms. The average molecular weight is 345 g/mol. The van der Waals surface area contributed by atoms with Crippen LogP contribution in [0, 0.1) is 0 Å². The van der Waals surface area contributed by atoms with Gasteiger partial charge in [0.15, 0.2) is 0 Å². The van der Waals surface area contributed by atoms with Gasteiger partial charge in [-0.15, -0.1) is 11.3 Å². The van der Waals surface area contributed by atoms with E-state index in [0.717, 1.165) is 15.0 Å². The SMILES string of the molecule is O=S(=O)(c1ccc(Br)s1)N1Cc2cccnc2C1. The number of thiophene rings is 1. The molecular formula is C11H9BrN2O2S2. The van der Waals surface area contributed by atoms with Crippen LogP contribution < -0.4 is 0 Å². The van der Waals surface area contributed by atoms with Gasteiger partial charge in [-0.05, 0) is 39.7 Å². The van der Waals surface area contributed by atoms with Crippen LogP contribution in [0.25, 0.3) is 0 Å². The minimum absolute atomic E-state index is 0.355. The van der Waals surface area contributed by atoms with E-state index < -0.39 is 10.0 Å². The number of aromatic nitrogens is 1. The van der Waals surface area contributed by atoms with Crippen LogP contribution in [0.1, 0.15) is 11.3 Å². The van der Waals surface area contributed by atoms with Crippen LogP contribution >= 0.6 is 27.3 Å². The molecule has 0 bridgehead atoms. The van der Waals surface area contributed by atoms with E-state index in [4.69, 9.17) is 0 Å². The van der Waals surface area contributed by atoms with Crippen molar-refractivity contribution in [2.24, 2.45) is 0 Å². The fourth-order valence-corrected chi connectivity index (χ4v) is 5.45. The van der Waals surface area contributed by atoms with Crippen LogP contribution in [0.5, 0.6) is 0 Å². The lowest BCUT2D eigenvalue weighted by atomic mass is 10.2. The highest BCUT2D eigenvalue weighted by Crippen LogP contribution is 2.32. The highest BCUT2D eigenvalue weighted by atomic mass is 79.9. The number of nitrogens with zero attached hydrogens (tertiary/aromatic N) is 2. The molecule has 4 nitrogen and oxygen atoms in total. The summed E-state index contributed by atoms with van der Waals surface area (Å²) in [5, 5.41) is 0. The van der Waals surface area contributed by atoms with Crippen LogP contribution in [-0.2, 0) is 23.1 Å². The Hall–Kier alpha value is -0.760. The maximum Gasteiger partial charge on any atom is 0.253 e. The van der Waals surface area contributed by atoms with Crippen molar-refractivity contribution in [2.75, 3.05) is 0 Å². The zero-order valence-electron chi connectivity index (χ0n) is 9.21. The molecule has 1 aliphatic heterocycles. The highest BCUT2D eigenvalue weighted by molar-refractivity contribution is 9.11. The summed E-state index contributed by atoms with van der Waals surface area (Å²) in [6.45, 7) is 0.759. The molecule has 0 fully saturated rings. The third kappa shape index (κ3) is 2.01. The Morgan fingerprint density at radius 3 is 2.78 bits per heavy atom. The molecule has 0 radical (unpaired) electrons. The minimum Gasteiger partial charge on any atom is -0.260 e. The number of halogens is 1. The highest BCUT2D eigenvalue weighted by Gasteiger charge is 2.32. The van der Waals surface area contributed by atoms with Gasteiger partial charge in [-0.1, -0.05) is 6.07 Å². The van der Waals surface area contributed by atoms with Gasteiger partial charge in [0, 0.05) is 12.7 Å². The van der Waals surface area contributed by atoms with Crippen molar-refractivity contribution in [1.29, 1.82) is 0 Å². The normalized spacial score (nSPS) is 15.8. The van der Waals surface area contributed by atoms with Gasteiger partial charge in [0.1, 0.15) is 4.21 Å². The first-order chi connectivity index (χ1) is 8.57. The summed E-state index contributed by atoms with van der Waals surface area (Å²) in [5.74, 6) is 0. The maximum absolute atomic E-state index is 12.4. The second kappa shape index (κ2) is 4.41. The quantitative estimate of drug-likeness (QED) is 0.841. The summed E-state index contributed by atoms with van der Waals surface area (Å²) in [6, 6.07) is 7.12. The number of hydrogen-bond donors (Lipinski definition) is 0. The summed E-state index contributed by atoms with van der Waals surface area (Å²) in [7, 11) is -3.40. The molecule has 2 aromatic rings. The van der Waals surface area contributed by atoms with Gasteiger partial charge < -0.3 is 0 Å². The van der Waals surface area contributed by atoms with Crippen LogP contribution in [0.3, 0.4) is 0 Å². The first-order valence-electron chi connectivity index (χ1n) is 5.25. The van der Waals surface area contributed by atoms with Crippen molar-refractivity contribution in [3.8, 4) is 0 Å². The molecule has 0 aromatic carbocycles. The Bertz CT molecular complexity index is 672. The number of sulfonamides is 1. The molecule has 7 heteroatoms. The van der Waals surface area contributed by atoms with E-state index >= 15 is 0 Å². The molecule has 1 aliphatic rings. The molecule has 3 heterocycles. The summed E-state index contributed by atoms with van der Waals surface area (Å²) in [5.41, 5.74) is 1.83. The molecule has 18 heavy (non-hydrogen) atoms. The van der Waals surface area contributed by atoms with Crippen molar-refractivity contribution >= 4 is 37.3 Å². The van der Waals surface area contributed by atoms with E-state index in [2.05, 4.69) is 20.9 Å². The lowest BCUT2D eigenvalue weighted by Gasteiger charge is -2.13. The van der Waals surface area contributed by atoms with Gasteiger partial charge in [-0.3, -0.25) is 4.98 Å². The molecule has 94 valence electrons. The zero-order valence-corrected chi connectivity index (χ0v) is 12.4. The molecule has 0 amide bonds. The molecule has 0 saturated carbocycles. The van der Waals surface area contributed by atoms with Gasteiger partial charge >= 0.3 is 0 Å². The van der Waals surface area contributed by atoms with E-state index in [1.165, 1.54) is 15.6 Å². The van der Waals surface area contributed by atoms with E-state index in [9.17, 15) is 8.42 Å². The number of hydrogen-bond acceptors (Lipinski definition) is 4. The average Bonchev–Trinajstić information content (AvgIpc) is 2.94. The Morgan fingerprint density at radius 1 is 1.28 bits per heavy atom. The largest absolute Gasteiger partial charge is 0.260 e. The fraction of sp³-hybridized carbons (Fsp3) is 0.182. The van der Waals surface area contributed by atoms with E-state index in [0.29, 0.717) is 17.3 Å². The number of rotatable bonds is 2. The molecule has 0 atom stereocenters. The van der Waals surface area contributed by atoms with Crippen molar-refractivity contribution in [3.05, 3.63) is 45.5 Å². The molecule has 0 aliphatic carbocycles. The molecule has 0 N–H and O–H groups in total. The lowest BCUT2D eigenvalue weighted by Crippen LogP contribution is -2.24. The molecular weight excluding hydrogens is 336 g/mol. The Balaban J connectivity index is 1.95. The predicted molar refractivity (Wildman–Crippen MR) is 72.7 cm³/mol. The Labute approximate surface area is 117 Å². The van der Waals surface area contributed by atoms with Crippen LogP contribution in [0.4, 0.5) is 0 Å². The molecule has 3 rings (SSSR count). The van der Waals surface area contributed by atoms with Crippen molar-refractivity contribution in [1.82, 2.24) is 9.29 Å². The Morgan fingerprint density at radius 2 is 2.11 bits per heavy atom. The van der Waals surface area contributed by atoms with Gasteiger partial charge in [0.2, 0.25) is 0 Å². The third-order valence-corrected chi connectivity index (χ3v) is 6.68. The lowest BCUT2D eigenvalue weighted by molar-refractivity contribution is 0.431. The van der Waals surface area contributed by atoms with E-state index in [1.807, 2.05) is 12.1 Å². The fourth-order valence-electron chi connectivity index (χ4n) is 1.90. The molecule has 0 unspecified atom stereocenters. The van der Waals surface area contributed by atoms with Crippen molar-refractivity contribution in [2.45, 2.75) is 17.3 Å². The monoisotopic (exact) mass is 344 g/mol. The van der Waals surface area contributed by atoms with Gasteiger partial charge in [0.05, 0.1) is 16.0 Å². The maximum atomic E-state index is 12.4. The van der Waals surface area contributed by atoms with Gasteiger partial charge in [0.25, 0.3) is 10.0 Å². The van der Waals surface area contributed by atoms with Crippen molar-refractivity contribution in [3.63, 3.8) is 0 Å². The van der Waals surface area contributed by atoms with E-state index in [-0.39, 0.29) is 0 Å². The van der Waals surface area contributed by atoms with Crippen molar-refractivity contribution < 1.29 is 8.42 Å². The summed E-state index contributed by atoms with van der Waals surface area (Å²) >= 11 is 4.51. The molecule has 0 saturated heterocycles. The second-order valence-electron chi connectivity index (χ2n) is 3.94. The van der Waals surface area contributed by atoms with E-state index in [1.54, 1.807) is 18.3 Å². The Kier molecular flexibility index (Phi) is 3.01. The third-order valence-electron chi connectivity index (χ3n) is 2.80. The number of fused-ring (bicyclic) bond motifs is 1. The first-order valence-corrected chi connectivity index (χ1v) is 8.30. The first kappa shape index (κ1) is 12.3. The van der Waals surface area contributed by atoms with Gasteiger partial charge in [-0.2, -0.15) is 4.31 Å². The van der Waals surface area contributed by atoms with Crippen LogP contribution in [0.15, 0.2) is 38.5 Å². The smallest absolute Gasteiger partial charge is 0.253 e. The summed E-state index contributed by atoms with van der Waals surface area (Å²) in [4.78, 5) is 4.21. The van der Waals surface area contributed by atoms with Crippen LogP contribution in [0.2, 0.25) is 0 Å². The standard InChI is InChI=1S/C11H9BrN2O2S2/c12-10-3-4-11(17-10)18(15,16)14-6-8-2-1-5-13-9(8)7-14/h1-5H,6-7H2. The molecule has 2 aromatic heterocycles. The summed E-state index contributed by atoms with van der Waals surface area (Å²) < 4.78 is 27.4. The number of pyridine rings is 1. The second-order valence-corrected chi connectivity index (χ2v) is 8.57. The van der Waals surface area contributed by atoms with Crippen LogP contribution in [-0.4, -0.2) is 17.7 Å². The summed E-state index contributed by atoms with van der Waals surface area (Å²) in [6.07, 6.45) is 1.69. The minimum atomic E-state index is -3.40.